The molecule has 0 radical (unpaired) electrons. The van der Waals surface area contributed by atoms with Crippen LogP contribution in [0.25, 0.3) is 0 Å². The highest BCUT2D eigenvalue weighted by atomic mass is 32.1. The van der Waals surface area contributed by atoms with Crippen molar-refractivity contribution in [2.45, 2.75) is 13.0 Å². The van der Waals surface area contributed by atoms with Crippen LogP contribution in [-0.4, -0.2) is 24.9 Å². The smallest absolute Gasteiger partial charge is 0.196 e. The number of ether oxygens (including phenoxy) is 1. The highest BCUT2D eigenvalue weighted by Gasteiger charge is 2.14. The highest BCUT2D eigenvalue weighted by Crippen LogP contribution is 2.19. The molecular weight excluding hydrogens is 265 g/mol. The van der Waals surface area contributed by atoms with E-state index in [0.29, 0.717) is 6.61 Å². The van der Waals surface area contributed by atoms with Crippen LogP contribution in [0, 0.1) is 17.5 Å². The molecule has 1 atom stereocenters. The van der Waals surface area contributed by atoms with Gasteiger partial charge in [0.05, 0.1) is 12.3 Å². The van der Waals surface area contributed by atoms with Gasteiger partial charge in [-0.3, -0.25) is 0 Å². The molecule has 3 nitrogen and oxygen atoms in total. The van der Waals surface area contributed by atoms with Crippen LogP contribution in [0.4, 0.5) is 18.9 Å². The van der Waals surface area contributed by atoms with Gasteiger partial charge >= 0.3 is 0 Å². The molecule has 0 saturated heterocycles. The van der Waals surface area contributed by atoms with Gasteiger partial charge in [-0.25, -0.2) is 13.2 Å². The first-order valence-corrected chi connectivity index (χ1v) is 5.56. The van der Waals surface area contributed by atoms with E-state index >= 15 is 0 Å². The van der Waals surface area contributed by atoms with Crippen LogP contribution in [0.2, 0.25) is 0 Å². The van der Waals surface area contributed by atoms with Gasteiger partial charge < -0.3 is 15.4 Å². The van der Waals surface area contributed by atoms with Gasteiger partial charge in [0.15, 0.2) is 22.6 Å². The molecular formula is C11H13F3N2OS. The SMILES string of the molecule is COC[C@H](C)NC(=S)Nc1ccc(F)c(F)c1F. The van der Waals surface area contributed by atoms with Crippen LogP contribution in [0.5, 0.6) is 0 Å². The second kappa shape index (κ2) is 6.55. The lowest BCUT2D eigenvalue weighted by Gasteiger charge is -2.16. The maximum absolute atomic E-state index is 13.3. The van der Waals surface area contributed by atoms with Gasteiger partial charge in [0.2, 0.25) is 0 Å². The normalized spacial score (nSPS) is 12.1. The molecule has 0 aromatic heterocycles. The Labute approximate surface area is 108 Å². The Balaban J connectivity index is 2.68. The molecule has 0 amide bonds. The molecule has 0 saturated carbocycles. The third kappa shape index (κ3) is 3.85. The summed E-state index contributed by atoms with van der Waals surface area (Å²) in [7, 11) is 1.53. The minimum atomic E-state index is -1.53. The molecule has 1 aromatic rings. The first-order valence-electron chi connectivity index (χ1n) is 5.15. The zero-order valence-electron chi connectivity index (χ0n) is 9.89. The number of thiocarbonyl (C=S) groups is 1. The number of nitrogens with one attached hydrogen (secondary N) is 2. The molecule has 0 aliphatic carbocycles. The van der Waals surface area contributed by atoms with E-state index in [9.17, 15) is 13.2 Å². The number of halogens is 3. The van der Waals surface area contributed by atoms with Crippen LogP contribution in [0.3, 0.4) is 0 Å². The second-order valence-electron chi connectivity index (χ2n) is 3.68. The van der Waals surface area contributed by atoms with Gasteiger partial charge in [0, 0.05) is 13.2 Å². The lowest BCUT2D eigenvalue weighted by molar-refractivity contribution is 0.179. The minimum Gasteiger partial charge on any atom is -0.383 e. The monoisotopic (exact) mass is 278 g/mol. The number of anilines is 1. The van der Waals surface area contributed by atoms with Crippen molar-refractivity contribution in [1.29, 1.82) is 0 Å². The molecule has 0 aliphatic heterocycles. The molecule has 0 aliphatic rings. The molecule has 0 fully saturated rings. The summed E-state index contributed by atoms with van der Waals surface area (Å²) in [5.74, 6) is -4.09. The lowest BCUT2D eigenvalue weighted by Crippen LogP contribution is -2.38. The van der Waals surface area contributed by atoms with Gasteiger partial charge in [-0.05, 0) is 31.3 Å². The molecule has 0 bridgehead atoms. The summed E-state index contributed by atoms with van der Waals surface area (Å²) >= 11 is 4.90. The van der Waals surface area contributed by atoms with Crippen LogP contribution in [0.15, 0.2) is 12.1 Å². The van der Waals surface area contributed by atoms with E-state index in [1.807, 2.05) is 0 Å². The fourth-order valence-corrected chi connectivity index (χ4v) is 1.61. The van der Waals surface area contributed by atoms with Crippen molar-refractivity contribution in [3.05, 3.63) is 29.6 Å². The molecule has 0 heterocycles. The fourth-order valence-electron chi connectivity index (χ4n) is 1.30. The number of hydrogen-bond donors (Lipinski definition) is 2. The molecule has 0 unspecified atom stereocenters. The largest absolute Gasteiger partial charge is 0.383 e. The predicted octanol–water partition coefficient (Wildman–Crippen LogP) is 2.43. The molecule has 1 aromatic carbocycles. The lowest BCUT2D eigenvalue weighted by atomic mass is 10.3. The first-order chi connectivity index (χ1) is 8.45. The summed E-state index contributed by atoms with van der Waals surface area (Å²) in [5, 5.41) is 5.36. The summed E-state index contributed by atoms with van der Waals surface area (Å²) in [6.45, 7) is 2.21. The van der Waals surface area contributed by atoms with Crippen LogP contribution in [0.1, 0.15) is 6.92 Å². The van der Waals surface area contributed by atoms with Crippen molar-refractivity contribution >= 4 is 23.0 Å². The van der Waals surface area contributed by atoms with Gasteiger partial charge in [-0.2, -0.15) is 0 Å². The summed E-state index contributed by atoms with van der Waals surface area (Å²) in [6.07, 6.45) is 0. The Morgan fingerprint density at radius 3 is 2.61 bits per heavy atom. The minimum absolute atomic E-state index is 0.0941. The standard InChI is InChI=1S/C11H13F3N2OS/c1-6(5-17-2)15-11(18)16-8-4-3-7(12)9(13)10(8)14/h3-4,6H,5H2,1-2H3,(H2,15,16,18)/t6-/m0/s1. The Morgan fingerprint density at radius 1 is 1.33 bits per heavy atom. The molecule has 7 heteroatoms. The van der Waals surface area contributed by atoms with Crippen LogP contribution in [-0.2, 0) is 4.74 Å². The van der Waals surface area contributed by atoms with E-state index in [1.165, 1.54) is 7.11 Å². The number of methoxy groups -OCH3 is 1. The quantitative estimate of drug-likeness (QED) is 0.654. The highest BCUT2D eigenvalue weighted by molar-refractivity contribution is 7.80. The van der Waals surface area contributed by atoms with E-state index in [-0.39, 0.29) is 16.8 Å². The van der Waals surface area contributed by atoms with Crippen molar-refractivity contribution in [2.75, 3.05) is 19.0 Å². The molecule has 0 spiro atoms. The Kier molecular flexibility index (Phi) is 5.36. The molecule has 2 N–H and O–H groups in total. The van der Waals surface area contributed by atoms with Crippen LogP contribution >= 0.6 is 12.2 Å². The van der Waals surface area contributed by atoms with Crippen molar-refractivity contribution in [1.82, 2.24) is 5.32 Å². The van der Waals surface area contributed by atoms with Crippen molar-refractivity contribution in [3.63, 3.8) is 0 Å². The van der Waals surface area contributed by atoms with E-state index in [4.69, 9.17) is 17.0 Å². The maximum Gasteiger partial charge on any atom is 0.196 e. The number of rotatable bonds is 4. The Hall–Kier alpha value is -1.34. The van der Waals surface area contributed by atoms with E-state index in [1.54, 1.807) is 6.92 Å². The molecule has 18 heavy (non-hydrogen) atoms. The summed E-state index contributed by atoms with van der Waals surface area (Å²) in [4.78, 5) is 0. The third-order valence-electron chi connectivity index (χ3n) is 2.08. The topological polar surface area (TPSA) is 33.3 Å². The van der Waals surface area contributed by atoms with E-state index < -0.39 is 17.5 Å². The maximum atomic E-state index is 13.3. The average Bonchev–Trinajstić information content (AvgIpc) is 2.30. The zero-order chi connectivity index (χ0) is 13.7. The second-order valence-corrected chi connectivity index (χ2v) is 4.09. The van der Waals surface area contributed by atoms with Gasteiger partial charge in [0.25, 0.3) is 0 Å². The van der Waals surface area contributed by atoms with Gasteiger partial charge in [-0.1, -0.05) is 0 Å². The predicted molar refractivity (Wildman–Crippen MR) is 67.0 cm³/mol. The Morgan fingerprint density at radius 2 is 2.00 bits per heavy atom. The molecule has 1 rings (SSSR count). The summed E-state index contributed by atoms with van der Waals surface area (Å²) in [6, 6.07) is 1.80. The van der Waals surface area contributed by atoms with Crippen molar-refractivity contribution < 1.29 is 17.9 Å². The van der Waals surface area contributed by atoms with E-state index in [2.05, 4.69) is 10.6 Å². The molecule has 100 valence electrons. The summed E-state index contributed by atoms with van der Waals surface area (Å²) < 4.78 is 43.8. The fraction of sp³-hybridized carbons (Fsp3) is 0.364. The summed E-state index contributed by atoms with van der Waals surface area (Å²) in [5.41, 5.74) is -0.226. The number of hydrogen-bond acceptors (Lipinski definition) is 2. The Bertz CT molecular complexity index is 443. The average molecular weight is 278 g/mol. The van der Waals surface area contributed by atoms with Crippen molar-refractivity contribution in [3.8, 4) is 0 Å². The van der Waals surface area contributed by atoms with Gasteiger partial charge in [0.1, 0.15) is 0 Å². The number of benzene rings is 1. The van der Waals surface area contributed by atoms with E-state index in [0.717, 1.165) is 12.1 Å². The van der Waals surface area contributed by atoms with Crippen LogP contribution < -0.4 is 10.6 Å². The van der Waals surface area contributed by atoms with Crippen molar-refractivity contribution in [2.24, 2.45) is 0 Å². The van der Waals surface area contributed by atoms with Gasteiger partial charge in [-0.15, -0.1) is 0 Å². The first kappa shape index (κ1) is 14.7. The zero-order valence-corrected chi connectivity index (χ0v) is 10.7. The third-order valence-corrected chi connectivity index (χ3v) is 2.30.